The van der Waals surface area contributed by atoms with Crippen LogP contribution in [0.15, 0.2) is 29.3 Å². The smallest absolute Gasteiger partial charge is 0.262 e. The second-order valence-electron chi connectivity index (χ2n) is 3.69. The van der Waals surface area contributed by atoms with E-state index in [4.69, 9.17) is 0 Å². The van der Waals surface area contributed by atoms with Crippen molar-refractivity contribution in [2.75, 3.05) is 5.32 Å². The Balaban J connectivity index is 2.27. The molecule has 2 N–H and O–H groups in total. The maximum atomic E-state index is 11.8. The van der Waals surface area contributed by atoms with Crippen LogP contribution in [0.4, 0.5) is 5.82 Å². The van der Waals surface area contributed by atoms with Crippen LogP contribution in [0.1, 0.15) is 16.1 Å². The Morgan fingerprint density at radius 1 is 1.53 bits per heavy atom. The van der Waals surface area contributed by atoms with Crippen LogP contribution in [0.5, 0.6) is 0 Å². The van der Waals surface area contributed by atoms with Gasteiger partial charge in [0.25, 0.3) is 5.91 Å². The van der Waals surface area contributed by atoms with Crippen LogP contribution in [0.25, 0.3) is 0 Å². The molecule has 0 spiro atoms. The zero-order valence-corrected chi connectivity index (χ0v) is 9.52. The molecular formula is C11H12N4O2. The number of nitrogens with zero attached hydrogens (tertiary/aromatic N) is 2. The molecular weight excluding hydrogens is 220 g/mol. The largest absolute Gasteiger partial charge is 0.364 e. The topological polar surface area (TPSA) is 79.8 Å². The van der Waals surface area contributed by atoms with Crippen LogP contribution in [-0.2, 0) is 7.05 Å². The second-order valence-corrected chi connectivity index (χ2v) is 3.69. The zero-order valence-electron chi connectivity index (χ0n) is 9.52. The third kappa shape index (κ3) is 2.25. The summed E-state index contributed by atoms with van der Waals surface area (Å²) in [5, 5.41) is 6.52. The van der Waals surface area contributed by atoms with Crippen molar-refractivity contribution in [1.29, 1.82) is 0 Å². The first-order chi connectivity index (χ1) is 8.08. The maximum absolute atomic E-state index is 11.8. The minimum absolute atomic E-state index is 0.0804. The summed E-state index contributed by atoms with van der Waals surface area (Å²) in [7, 11) is 1.70. The summed E-state index contributed by atoms with van der Waals surface area (Å²) in [4.78, 5) is 26.2. The van der Waals surface area contributed by atoms with Gasteiger partial charge in [0.15, 0.2) is 5.43 Å². The number of carbonyl (C=O) groups is 1. The standard InChI is InChI=1S/C11H12N4O2/c1-7-5-9(16)8(6-12-7)11(17)14-10-3-4-13-15(10)2/h3-6H,1-2H3,(H,12,16)(H,14,17). The predicted molar refractivity (Wildman–Crippen MR) is 63.0 cm³/mol. The van der Waals surface area contributed by atoms with Gasteiger partial charge in [0.1, 0.15) is 11.4 Å². The highest BCUT2D eigenvalue weighted by atomic mass is 16.2. The number of aromatic amines is 1. The van der Waals surface area contributed by atoms with E-state index in [-0.39, 0.29) is 11.0 Å². The van der Waals surface area contributed by atoms with E-state index in [1.165, 1.54) is 16.9 Å². The highest BCUT2D eigenvalue weighted by molar-refractivity contribution is 6.03. The average molecular weight is 232 g/mol. The summed E-state index contributed by atoms with van der Waals surface area (Å²) in [5.74, 6) is 0.0878. The Bertz CT molecular complexity index is 612. The van der Waals surface area contributed by atoms with E-state index in [9.17, 15) is 9.59 Å². The third-order valence-electron chi connectivity index (χ3n) is 2.36. The Kier molecular flexibility index (Phi) is 2.78. The van der Waals surface area contributed by atoms with Crippen molar-refractivity contribution in [3.8, 4) is 0 Å². The molecule has 0 aliphatic rings. The van der Waals surface area contributed by atoms with Crippen LogP contribution in [0.2, 0.25) is 0 Å². The molecule has 0 aliphatic carbocycles. The number of rotatable bonds is 2. The first-order valence-electron chi connectivity index (χ1n) is 5.06. The van der Waals surface area contributed by atoms with Crippen molar-refractivity contribution in [3.05, 3.63) is 46.0 Å². The van der Waals surface area contributed by atoms with Gasteiger partial charge in [0, 0.05) is 31.1 Å². The summed E-state index contributed by atoms with van der Waals surface area (Å²) < 4.78 is 1.51. The number of nitrogens with one attached hydrogen (secondary N) is 2. The Hall–Kier alpha value is -2.37. The predicted octanol–water partition coefficient (Wildman–Crippen LogP) is 0.669. The minimum atomic E-state index is -0.449. The lowest BCUT2D eigenvalue weighted by molar-refractivity contribution is 0.102. The van der Waals surface area contributed by atoms with E-state index in [2.05, 4.69) is 15.4 Å². The first-order valence-corrected chi connectivity index (χ1v) is 5.06. The van der Waals surface area contributed by atoms with Crippen LogP contribution in [-0.4, -0.2) is 20.7 Å². The van der Waals surface area contributed by atoms with Gasteiger partial charge in [-0.3, -0.25) is 14.3 Å². The molecule has 1 amide bonds. The van der Waals surface area contributed by atoms with E-state index in [1.54, 1.807) is 26.2 Å². The molecule has 17 heavy (non-hydrogen) atoms. The normalized spacial score (nSPS) is 10.2. The molecule has 0 saturated heterocycles. The molecule has 0 radical (unpaired) electrons. The molecule has 2 aromatic heterocycles. The lowest BCUT2D eigenvalue weighted by Gasteiger charge is -2.04. The third-order valence-corrected chi connectivity index (χ3v) is 2.36. The van der Waals surface area contributed by atoms with Crippen molar-refractivity contribution in [1.82, 2.24) is 14.8 Å². The number of anilines is 1. The Morgan fingerprint density at radius 3 is 2.88 bits per heavy atom. The molecule has 0 unspecified atom stereocenters. The van der Waals surface area contributed by atoms with E-state index < -0.39 is 5.91 Å². The summed E-state index contributed by atoms with van der Waals surface area (Å²) in [6.07, 6.45) is 2.97. The molecule has 6 heteroatoms. The van der Waals surface area contributed by atoms with Crippen molar-refractivity contribution in [2.45, 2.75) is 6.92 Å². The monoisotopic (exact) mass is 232 g/mol. The quantitative estimate of drug-likeness (QED) is 0.798. The van der Waals surface area contributed by atoms with Gasteiger partial charge >= 0.3 is 0 Å². The molecule has 0 aromatic carbocycles. The number of amides is 1. The molecule has 0 atom stereocenters. The van der Waals surface area contributed by atoms with E-state index in [1.807, 2.05) is 0 Å². The number of hydrogen-bond acceptors (Lipinski definition) is 3. The van der Waals surface area contributed by atoms with Crippen LogP contribution < -0.4 is 10.7 Å². The zero-order chi connectivity index (χ0) is 12.4. The highest BCUT2D eigenvalue weighted by Crippen LogP contribution is 2.05. The fourth-order valence-electron chi connectivity index (χ4n) is 1.43. The van der Waals surface area contributed by atoms with E-state index in [0.29, 0.717) is 11.5 Å². The molecule has 0 fully saturated rings. The van der Waals surface area contributed by atoms with Gasteiger partial charge in [0.2, 0.25) is 0 Å². The fraction of sp³-hybridized carbons (Fsp3) is 0.182. The average Bonchev–Trinajstić information content (AvgIpc) is 2.64. The van der Waals surface area contributed by atoms with Gasteiger partial charge < -0.3 is 10.3 Å². The summed E-state index contributed by atoms with van der Waals surface area (Å²) in [6.45, 7) is 1.75. The number of aryl methyl sites for hydroxylation is 2. The van der Waals surface area contributed by atoms with Gasteiger partial charge in [0.05, 0.1) is 6.20 Å². The maximum Gasteiger partial charge on any atom is 0.262 e. The van der Waals surface area contributed by atoms with Gasteiger partial charge in [-0.05, 0) is 6.92 Å². The molecule has 6 nitrogen and oxygen atoms in total. The molecule has 2 rings (SSSR count). The summed E-state index contributed by atoms with van der Waals surface area (Å²) in [5.41, 5.74) is 0.491. The number of aromatic nitrogens is 3. The fourth-order valence-corrected chi connectivity index (χ4v) is 1.43. The van der Waals surface area contributed by atoms with Crippen molar-refractivity contribution < 1.29 is 4.79 Å². The minimum Gasteiger partial charge on any atom is -0.364 e. The summed E-state index contributed by atoms with van der Waals surface area (Å²) >= 11 is 0. The van der Waals surface area contributed by atoms with Crippen molar-refractivity contribution >= 4 is 11.7 Å². The van der Waals surface area contributed by atoms with Crippen molar-refractivity contribution in [3.63, 3.8) is 0 Å². The lowest BCUT2D eigenvalue weighted by Crippen LogP contribution is -2.22. The van der Waals surface area contributed by atoms with Crippen LogP contribution >= 0.6 is 0 Å². The molecule has 2 aromatic rings. The van der Waals surface area contributed by atoms with Gasteiger partial charge in [-0.15, -0.1) is 0 Å². The van der Waals surface area contributed by atoms with Gasteiger partial charge in [-0.2, -0.15) is 5.10 Å². The number of pyridine rings is 1. The SMILES string of the molecule is Cc1cc(=O)c(C(=O)Nc2ccnn2C)c[nH]1. The van der Waals surface area contributed by atoms with Crippen LogP contribution in [0.3, 0.4) is 0 Å². The van der Waals surface area contributed by atoms with E-state index in [0.717, 1.165) is 0 Å². The Morgan fingerprint density at radius 2 is 2.29 bits per heavy atom. The number of H-pyrrole nitrogens is 1. The highest BCUT2D eigenvalue weighted by Gasteiger charge is 2.11. The molecule has 2 heterocycles. The number of carbonyl (C=O) groups excluding carboxylic acids is 1. The van der Waals surface area contributed by atoms with Crippen LogP contribution in [0, 0.1) is 6.92 Å². The van der Waals surface area contributed by atoms with E-state index >= 15 is 0 Å². The molecule has 0 aliphatic heterocycles. The number of hydrogen-bond donors (Lipinski definition) is 2. The van der Waals surface area contributed by atoms with Gasteiger partial charge in [-0.25, -0.2) is 0 Å². The lowest BCUT2D eigenvalue weighted by atomic mass is 10.2. The Labute approximate surface area is 97.3 Å². The summed E-state index contributed by atoms with van der Waals surface area (Å²) in [6, 6.07) is 3.04. The first kappa shape index (κ1) is 11.1. The molecule has 0 bridgehead atoms. The molecule has 0 saturated carbocycles. The molecule has 88 valence electrons. The van der Waals surface area contributed by atoms with Gasteiger partial charge in [-0.1, -0.05) is 0 Å². The van der Waals surface area contributed by atoms with Crippen molar-refractivity contribution in [2.24, 2.45) is 7.05 Å². The second kappa shape index (κ2) is 4.25.